The van der Waals surface area contributed by atoms with E-state index in [0.29, 0.717) is 10.8 Å². The molecule has 148 valence electrons. The molecule has 4 aliphatic carbocycles. The summed E-state index contributed by atoms with van der Waals surface area (Å²) in [7, 11) is 0. The molecule has 0 aromatic rings. The summed E-state index contributed by atoms with van der Waals surface area (Å²) in [5.74, 6) is 3.62. The monoisotopic (exact) mass is 358 g/mol. The van der Waals surface area contributed by atoms with Gasteiger partial charge in [0, 0.05) is 0 Å². The van der Waals surface area contributed by atoms with E-state index in [1.165, 1.54) is 51.4 Å². The summed E-state index contributed by atoms with van der Waals surface area (Å²) in [4.78, 5) is 0. The van der Waals surface area contributed by atoms with Crippen LogP contribution in [0.15, 0.2) is 11.6 Å². The van der Waals surface area contributed by atoms with Gasteiger partial charge in [0.15, 0.2) is 0 Å². The van der Waals surface area contributed by atoms with Gasteiger partial charge in [0.2, 0.25) is 0 Å². The molecule has 4 saturated carbocycles. The van der Waals surface area contributed by atoms with E-state index in [1.807, 2.05) is 0 Å². The molecule has 0 aliphatic heterocycles. The molecule has 1 heteroatoms. The lowest BCUT2D eigenvalue weighted by atomic mass is 9.43. The lowest BCUT2D eigenvalue weighted by Gasteiger charge is -2.63. The Morgan fingerprint density at radius 2 is 1.85 bits per heavy atom. The van der Waals surface area contributed by atoms with E-state index in [4.69, 9.17) is 0 Å². The van der Waals surface area contributed by atoms with Crippen molar-refractivity contribution in [3.8, 4) is 0 Å². The van der Waals surface area contributed by atoms with Crippen molar-refractivity contribution in [2.24, 2.45) is 34.5 Å². The molecule has 0 saturated heterocycles. The van der Waals surface area contributed by atoms with Crippen LogP contribution in [0, 0.1) is 34.5 Å². The predicted octanol–water partition coefficient (Wildman–Crippen LogP) is 6.90. The van der Waals surface area contributed by atoms with Crippen LogP contribution in [0.1, 0.15) is 105 Å². The molecule has 0 radical (unpaired) electrons. The van der Waals surface area contributed by atoms with Crippen molar-refractivity contribution < 1.29 is 5.11 Å². The van der Waals surface area contributed by atoms with Crippen molar-refractivity contribution >= 4 is 0 Å². The molecule has 7 atom stereocenters. The topological polar surface area (TPSA) is 20.2 Å². The molecule has 4 fully saturated rings. The van der Waals surface area contributed by atoms with Gasteiger partial charge in [0.05, 0.1) is 5.60 Å². The Labute approximate surface area is 162 Å². The SMILES string of the molecule is C/C=C1/CC[C@H]2[C@@H]3CC[C@@H]4C[C@@](O)(CCC)CC[C@]4(CC)[C@H]3CC[C@]12C. The largest absolute Gasteiger partial charge is 0.390 e. The van der Waals surface area contributed by atoms with Crippen molar-refractivity contribution in [1.82, 2.24) is 0 Å². The van der Waals surface area contributed by atoms with Crippen molar-refractivity contribution in [1.29, 1.82) is 0 Å². The highest BCUT2D eigenvalue weighted by molar-refractivity contribution is 5.24. The molecule has 26 heavy (non-hydrogen) atoms. The first-order valence-electron chi connectivity index (χ1n) is 11.8. The van der Waals surface area contributed by atoms with Crippen LogP contribution < -0.4 is 0 Å². The summed E-state index contributed by atoms with van der Waals surface area (Å²) in [5, 5.41) is 11.2. The number of rotatable bonds is 3. The van der Waals surface area contributed by atoms with Gasteiger partial charge in [-0.3, -0.25) is 0 Å². The summed E-state index contributed by atoms with van der Waals surface area (Å²) in [6.07, 6.45) is 17.9. The van der Waals surface area contributed by atoms with Crippen molar-refractivity contribution in [2.75, 3.05) is 0 Å². The van der Waals surface area contributed by atoms with E-state index in [9.17, 15) is 5.11 Å². The summed E-state index contributed by atoms with van der Waals surface area (Å²) in [6, 6.07) is 0. The van der Waals surface area contributed by atoms with Gasteiger partial charge in [-0.05, 0) is 112 Å². The highest BCUT2D eigenvalue weighted by atomic mass is 16.3. The number of hydrogen-bond donors (Lipinski definition) is 1. The number of aliphatic hydroxyl groups is 1. The number of fused-ring (bicyclic) bond motifs is 5. The van der Waals surface area contributed by atoms with Crippen molar-refractivity contribution in [2.45, 2.75) is 110 Å². The van der Waals surface area contributed by atoms with Gasteiger partial charge in [-0.1, -0.05) is 38.8 Å². The zero-order chi connectivity index (χ0) is 18.6. The van der Waals surface area contributed by atoms with Gasteiger partial charge in [0.1, 0.15) is 0 Å². The Balaban J connectivity index is 1.61. The molecule has 0 unspecified atom stereocenters. The maximum atomic E-state index is 11.2. The van der Waals surface area contributed by atoms with Crippen LogP contribution in [0.5, 0.6) is 0 Å². The van der Waals surface area contributed by atoms with E-state index in [-0.39, 0.29) is 5.60 Å². The van der Waals surface area contributed by atoms with Crippen LogP contribution in [-0.2, 0) is 0 Å². The molecular weight excluding hydrogens is 316 g/mol. The van der Waals surface area contributed by atoms with Gasteiger partial charge in [-0.15, -0.1) is 0 Å². The minimum atomic E-state index is -0.348. The highest BCUT2D eigenvalue weighted by Gasteiger charge is 2.60. The summed E-state index contributed by atoms with van der Waals surface area (Å²) in [5.41, 5.74) is 2.48. The highest BCUT2D eigenvalue weighted by Crippen LogP contribution is 2.68. The summed E-state index contributed by atoms with van der Waals surface area (Å²) >= 11 is 0. The van der Waals surface area contributed by atoms with Crippen LogP contribution in [0.4, 0.5) is 0 Å². The third-order valence-electron chi connectivity index (χ3n) is 10.1. The lowest BCUT2D eigenvalue weighted by Crippen LogP contribution is -2.56. The van der Waals surface area contributed by atoms with Gasteiger partial charge >= 0.3 is 0 Å². The minimum absolute atomic E-state index is 0.348. The molecule has 1 nitrogen and oxygen atoms in total. The maximum absolute atomic E-state index is 11.2. The Kier molecular flexibility index (Phi) is 4.86. The second kappa shape index (κ2) is 6.64. The van der Waals surface area contributed by atoms with E-state index >= 15 is 0 Å². The first-order valence-corrected chi connectivity index (χ1v) is 11.8. The van der Waals surface area contributed by atoms with Crippen LogP contribution >= 0.6 is 0 Å². The van der Waals surface area contributed by atoms with Crippen LogP contribution in [0.25, 0.3) is 0 Å². The molecule has 0 aromatic carbocycles. The first-order chi connectivity index (χ1) is 12.4. The maximum Gasteiger partial charge on any atom is 0.0650 e. The molecule has 4 rings (SSSR count). The molecular formula is C25H42O. The second-order valence-corrected chi connectivity index (χ2v) is 10.7. The average molecular weight is 359 g/mol. The Bertz CT molecular complexity index is 565. The fraction of sp³-hybridized carbons (Fsp3) is 0.920. The molecule has 1 N–H and O–H groups in total. The van der Waals surface area contributed by atoms with Gasteiger partial charge in [-0.25, -0.2) is 0 Å². The average Bonchev–Trinajstić information content (AvgIpc) is 2.97. The van der Waals surface area contributed by atoms with E-state index in [2.05, 4.69) is 33.8 Å². The predicted molar refractivity (Wildman–Crippen MR) is 110 cm³/mol. The van der Waals surface area contributed by atoms with Gasteiger partial charge < -0.3 is 5.11 Å². The molecule has 0 spiro atoms. The second-order valence-electron chi connectivity index (χ2n) is 10.7. The van der Waals surface area contributed by atoms with Crippen LogP contribution in [0.2, 0.25) is 0 Å². The fourth-order valence-corrected chi connectivity index (χ4v) is 8.85. The third kappa shape index (κ3) is 2.59. The summed E-state index contributed by atoms with van der Waals surface area (Å²) < 4.78 is 0. The molecule has 0 aromatic heterocycles. The molecule has 0 heterocycles. The Morgan fingerprint density at radius 1 is 1.04 bits per heavy atom. The molecule has 4 aliphatic rings. The van der Waals surface area contributed by atoms with Gasteiger partial charge in [-0.2, -0.15) is 0 Å². The van der Waals surface area contributed by atoms with Gasteiger partial charge in [0.25, 0.3) is 0 Å². The lowest BCUT2D eigenvalue weighted by molar-refractivity contribution is -0.155. The zero-order valence-corrected chi connectivity index (χ0v) is 17.8. The standard InChI is InChI=1S/C25H42O/c1-5-13-24(26)15-16-25(7-3)19(17-24)8-10-20-21-11-9-18(6-2)23(21,4)14-12-22(20)25/h6,19-22,26H,5,7-17H2,1-4H3/b18-6-/t19-,20+,21+,22+,23-,24-,25+/m1/s1. The number of allylic oxidation sites excluding steroid dienone is 2. The zero-order valence-electron chi connectivity index (χ0n) is 17.8. The smallest absolute Gasteiger partial charge is 0.0650 e. The van der Waals surface area contributed by atoms with Crippen LogP contribution in [0.3, 0.4) is 0 Å². The Morgan fingerprint density at radius 3 is 2.54 bits per heavy atom. The van der Waals surface area contributed by atoms with Crippen LogP contribution in [-0.4, -0.2) is 10.7 Å². The number of hydrogen-bond acceptors (Lipinski definition) is 1. The molecule has 0 bridgehead atoms. The minimum Gasteiger partial charge on any atom is -0.390 e. The van der Waals surface area contributed by atoms with E-state index in [0.717, 1.165) is 49.4 Å². The van der Waals surface area contributed by atoms with E-state index < -0.39 is 0 Å². The van der Waals surface area contributed by atoms with Crippen molar-refractivity contribution in [3.63, 3.8) is 0 Å². The van der Waals surface area contributed by atoms with E-state index in [1.54, 1.807) is 5.57 Å². The molecule has 0 amide bonds. The van der Waals surface area contributed by atoms with Crippen molar-refractivity contribution in [3.05, 3.63) is 11.6 Å². The Hall–Kier alpha value is -0.300. The first kappa shape index (κ1) is 19.0. The third-order valence-corrected chi connectivity index (χ3v) is 10.1. The summed E-state index contributed by atoms with van der Waals surface area (Å²) in [6.45, 7) is 9.58. The fourth-order valence-electron chi connectivity index (χ4n) is 8.85. The normalized spacial score (nSPS) is 52.4. The quantitative estimate of drug-likeness (QED) is 0.544.